The quantitative estimate of drug-likeness (QED) is 0.543. The third kappa shape index (κ3) is 2.92. The average Bonchev–Trinajstić information content (AvgIpc) is 3.04. The van der Waals surface area contributed by atoms with Gasteiger partial charge in [-0.1, -0.05) is 11.6 Å². The largest absolute Gasteiger partial charge is 0.495 e. The Balaban J connectivity index is 2.00. The summed E-state index contributed by atoms with van der Waals surface area (Å²) in [6.45, 7) is 0. The molecule has 0 unspecified atom stereocenters. The molecule has 4 rings (SSSR count). The fraction of sp³-hybridized carbons (Fsp3) is 0.143. The minimum atomic E-state index is -0.521. The van der Waals surface area contributed by atoms with E-state index in [1.807, 2.05) is 43.3 Å². The van der Waals surface area contributed by atoms with Gasteiger partial charge in [-0.3, -0.25) is 4.79 Å². The van der Waals surface area contributed by atoms with Crippen LogP contribution in [-0.2, 0) is 0 Å². The van der Waals surface area contributed by atoms with E-state index < -0.39 is 5.91 Å². The highest BCUT2D eigenvalue weighted by molar-refractivity contribution is 6.32. The van der Waals surface area contributed by atoms with Crippen LogP contribution < -0.4 is 15.4 Å². The molecular weight excluding hydrogens is 376 g/mol. The number of nitrogens with zero attached hydrogens (tertiary/aromatic N) is 2. The van der Waals surface area contributed by atoms with Crippen LogP contribution in [0.5, 0.6) is 5.75 Å². The summed E-state index contributed by atoms with van der Waals surface area (Å²) in [4.78, 5) is 22.2. The summed E-state index contributed by atoms with van der Waals surface area (Å²) in [5.74, 6) is 0.0533. The Morgan fingerprint density at radius 1 is 1.18 bits per heavy atom. The highest BCUT2D eigenvalue weighted by atomic mass is 35.5. The number of amides is 1. The molecule has 0 aliphatic carbocycles. The van der Waals surface area contributed by atoms with Gasteiger partial charge in [0.15, 0.2) is 0 Å². The molecule has 2 aromatic carbocycles. The van der Waals surface area contributed by atoms with Crippen LogP contribution in [0.3, 0.4) is 0 Å². The normalized spacial score (nSPS) is 11.1. The summed E-state index contributed by atoms with van der Waals surface area (Å²) in [5.41, 5.74) is 10.7. The van der Waals surface area contributed by atoms with Crippen molar-refractivity contribution in [1.82, 2.24) is 9.97 Å². The summed E-state index contributed by atoms with van der Waals surface area (Å²) in [6, 6.07) is 13.1. The Morgan fingerprint density at radius 2 is 1.96 bits per heavy atom. The van der Waals surface area contributed by atoms with Crippen molar-refractivity contribution in [2.24, 2.45) is 5.73 Å². The first kappa shape index (κ1) is 18.1. The number of hydrogen-bond acceptors (Lipinski definition) is 4. The standard InChI is InChI=1S/C21H19ClN4O2/c1-26(2)12-5-6-13-17(9-12)25-20-14(21(23)27)10-16(24-19(13)20)11-4-7-18(28-3)15(22)8-11/h4-10,25H,1-3H3,(H2,23,27). The number of carbonyl (C=O) groups excluding carboxylic acids is 1. The lowest BCUT2D eigenvalue weighted by Crippen LogP contribution is -2.12. The van der Waals surface area contributed by atoms with E-state index >= 15 is 0 Å². The SMILES string of the molecule is COc1ccc(-c2cc(C(N)=O)c3[nH]c4cc(N(C)C)ccc4c3n2)cc1Cl. The van der Waals surface area contributed by atoms with Crippen molar-refractivity contribution in [3.8, 4) is 17.0 Å². The Morgan fingerprint density at radius 3 is 2.61 bits per heavy atom. The first-order valence-corrected chi connectivity index (χ1v) is 9.04. The monoisotopic (exact) mass is 394 g/mol. The van der Waals surface area contributed by atoms with Crippen LogP contribution in [-0.4, -0.2) is 37.1 Å². The number of rotatable bonds is 4. The predicted molar refractivity (Wildman–Crippen MR) is 113 cm³/mol. The molecule has 6 nitrogen and oxygen atoms in total. The third-order valence-corrected chi connectivity index (χ3v) is 5.06. The molecule has 2 aromatic heterocycles. The van der Waals surface area contributed by atoms with Gasteiger partial charge >= 0.3 is 0 Å². The van der Waals surface area contributed by atoms with Crippen molar-refractivity contribution in [1.29, 1.82) is 0 Å². The van der Waals surface area contributed by atoms with Crippen LogP contribution >= 0.6 is 11.6 Å². The van der Waals surface area contributed by atoms with Crippen LogP contribution in [0.1, 0.15) is 10.4 Å². The maximum atomic E-state index is 12.1. The number of anilines is 1. The minimum Gasteiger partial charge on any atom is -0.495 e. The molecule has 2 heterocycles. The fourth-order valence-corrected chi connectivity index (χ4v) is 3.55. The fourth-order valence-electron chi connectivity index (χ4n) is 3.29. The lowest BCUT2D eigenvalue weighted by molar-refractivity contribution is 0.100. The van der Waals surface area contributed by atoms with E-state index in [1.54, 1.807) is 25.3 Å². The second-order valence-electron chi connectivity index (χ2n) is 6.74. The molecule has 0 saturated carbocycles. The first-order chi connectivity index (χ1) is 13.4. The van der Waals surface area contributed by atoms with Gasteiger partial charge in [0.05, 0.1) is 39.9 Å². The molecule has 4 aromatic rings. The Bertz CT molecular complexity index is 1230. The minimum absolute atomic E-state index is 0.384. The number of aromatic nitrogens is 2. The van der Waals surface area contributed by atoms with Gasteiger partial charge in [-0.25, -0.2) is 4.98 Å². The number of H-pyrrole nitrogens is 1. The second kappa shape index (κ2) is 6.73. The zero-order valence-corrected chi connectivity index (χ0v) is 16.5. The molecule has 0 radical (unpaired) electrons. The Labute approximate surface area is 166 Å². The number of pyridine rings is 1. The number of aromatic amines is 1. The van der Waals surface area contributed by atoms with Gasteiger partial charge in [0.25, 0.3) is 5.91 Å². The predicted octanol–water partition coefficient (Wildman–Crippen LogP) is 4.21. The third-order valence-electron chi connectivity index (χ3n) is 4.77. The van der Waals surface area contributed by atoms with E-state index in [1.165, 1.54) is 0 Å². The van der Waals surface area contributed by atoms with E-state index in [-0.39, 0.29) is 0 Å². The number of nitrogens with two attached hydrogens (primary N) is 1. The highest BCUT2D eigenvalue weighted by Gasteiger charge is 2.17. The van der Waals surface area contributed by atoms with Crippen molar-refractivity contribution in [2.45, 2.75) is 0 Å². The number of ether oxygens (including phenoxy) is 1. The smallest absolute Gasteiger partial charge is 0.250 e. The van der Waals surface area contributed by atoms with Gasteiger partial charge in [-0.2, -0.15) is 0 Å². The number of carbonyl (C=O) groups is 1. The summed E-state index contributed by atoms with van der Waals surface area (Å²) in [6.07, 6.45) is 0. The molecule has 7 heteroatoms. The Hall–Kier alpha value is -3.25. The molecule has 0 atom stereocenters. The lowest BCUT2D eigenvalue weighted by Gasteiger charge is -2.11. The molecule has 0 aliphatic rings. The molecule has 0 spiro atoms. The van der Waals surface area contributed by atoms with Crippen molar-refractivity contribution in [3.63, 3.8) is 0 Å². The molecule has 0 fully saturated rings. The number of hydrogen-bond donors (Lipinski definition) is 2. The van der Waals surface area contributed by atoms with Gasteiger partial charge in [-0.15, -0.1) is 0 Å². The van der Waals surface area contributed by atoms with E-state index in [0.29, 0.717) is 33.1 Å². The van der Waals surface area contributed by atoms with Crippen molar-refractivity contribution < 1.29 is 9.53 Å². The molecule has 0 bridgehead atoms. The summed E-state index contributed by atoms with van der Waals surface area (Å²) >= 11 is 6.27. The number of fused-ring (bicyclic) bond motifs is 3. The van der Waals surface area contributed by atoms with Crippen LogP contribution in [0.4, 0.5) is 5.69 Å². The lowest BCUT2D eigenvalue weighted by atomic mass is 10.1. The van der Waals surface area contributed by atoms with Gasteiger partial charge < -0.3 is 20.4 Å². The van der Waals surface area contributed by atoms with E-state index in [4.69, 9.17) is 27.1 Å². The van der Waals surface area contributed by atoms with Crippen LogP contribution in [0, 0.1) is 0 Å². The summed E-state index contributed by atoms with van der Waals surface area (Å²) in [5, 5.41) is 1.39. The molecule has 0 saturated heterocycles. The molecule has 142 valence electrons. The van der Waals surface area contributed by atoms with Gasteiger partial charge in [0, 0.05) is 30.7 Å². The molecule has 3 N–H and O–H groups in total. The second-order valence-corrected chi connectivity index (χ2v) is 7.15. The topological polar surface area (TPSA) is 84.2 Å². The van der Waals surface area contributed by atoms with Crippen LogP contribution in [0.25, 0.3) is 33.2 Å². The maximum absolute atomic E-state index is 12.1. The maximum Gasteiger partial charge on any atom is 0.250 e. The molecular formula is C21H19ClN4O2. The van der Waals surface area contributed by atoms with Crippen molar-refractivity contribution in [2.75, 3.05) is 26.1 Å². The highest BCUT2D eigenvalue weighted by Crippen LogP contribution is 2.34. The van der Waals surface area contributed by atoms with E-state index in [0.717, 1.165) is 22.2 Å². The first-order valence-electron chi connectivity index (χ1n) is 8.66. The van der Waals surface area contributed by atoms with E-state index in [2.05, 4.69) is 4.98 Å². The van der Waals surface area contributed by atoms with Gasteiger partial charge in [0.1, 0.15) is 5.75 Å². The van der Waals surface area contributed by atoms with Crippen molar-refractivity contribution >= 4 is 45.1 Å². The molecule has 0 aliphatic heterocycles. The summed E-state index contributed by atoms with van der Waals surface area (Å²) in [7, 11) is 5.51. The Kier molecular flexibility index (Phi) is 4.35. The number of nitrogens with one attached hydrogen (secondary N) is 1. The molecule has 28 heavy (non-hydrogen) atoms. The van der Waals surface area contributed by atoms with Crippen LogP contribution in [0.15, 0.2) is 42.5 Å². The van der Waals surface area contributed by atoms with E-state index in [9.17, 15) is 4.79 Å². The number of benzene rings is 2. The number of halogens is 1. The van der Waals surface area contributed by atoms with Gasteiger partial charge in [-0.05, 0) is 42.5 Å². The van der Waals surface area contributed by atoms with Crippen LogP contribution in [0.2, 0.25) is 5.02 Å². The summed E-state index contributed by atoms with van der Waals surface area (Å²) < 4.78 is 5.21. The molecule has 1 amide bonds. The zero-order valence-electron chi connectivity index (χ0n) is 15.7. The van der Waals surface area contributed by atoms with Crippen molar-refractivity contribution in [3.05, 3.63) is 53.1 Å². The number of methoxy groups -OCH3 is 1. The zero-order chi connectivity index (χ0) is 20.0. The average molecular weight is 395 g/mol. The number of primary amides is 1. The van der Waals surface area contributed by atoms with Gasteiger partial charge in [0.2, 0.25) is 0 Å².